The molecule has 1 saturated heterocycles. The van der Waals surface area contributed by atoms with Crippen LogP contribution in [0, 0.1) is 12.8 Å². The molecule has 0 saturated carbocycles. The first-order chi connectivity index (χ1) is 12.5. The lowest BCUT2D eigenvalue weighted by Gasteiger charge is -2.33. The molecule has 0 bridgehead atoms. The van der Waals surface area contributed by atoms with Crippen molar-refractivity contribution in [3.8, 4) is 10.6 Å². The van der Waals surface area contributed by atoms with Crippen molar-refractivity contribution in [2.45, 2.75) is 26.9 Å². The summed E-state index contributed by atoms with van der Waals surface area (Å²) in [5.74, 6) is 0.575. The van der Waals surface area contributed by atoms with E-state index in [0.717, 1.165) is 42.5 Å². The van der Waals surface area contributed by atoms with E-state index in [1.165, 1.54) is 11.3 Å². The highest BCUT2D eigenvalue weighted by atomic mass is 32.1. The van der Waals surface area contributed by atoms with Crippen molar-refractivity contribution >= 4 is 17.2 Å². The molecule has 5 nitrogen and oxygen atoms in total. The van der Waals surface area contributed by atoms with E-state index in [9.17, 15) is 4.79 Å². The molecule has 1 aliphatic heterocycles. The molecule has 1 aliphatic rings. The number of hydrogen-bond acceptors (Lipinski definition) is 5. The van der Waals surface area contributed by atoms with Gasteiger partial charge in [-0.3, -0.25) is 9.69 Å². The van der Waals surface area contributed by atoms with Crippen molar-refractivity contribution in [3.63, 3.8) is 0 Å². The Bertz CT molecular complexity index is 730. The summed E-state index contributed by atoms with van der Waals surface area (Å²) in [7, 11) is 0. The third kappa shape index (κ3) is 4.90. The van der Waals surface area contributed by atoms with Crippen LogP contribution in [0.5, 0.6) is 0 Å². The molecule has 2 aromatic rings. The predicted molar refractivity (Wildman–Crippen MR) is 106 cm³/mol. The first kappa shape index (κ1) is 19.0. The van der Waals surface area contributed by atoms with Gasteiger partial charge in [0, 0.05) is 31.7 Å². The molecule has 0 aliphatic carbocycles. The Kier molecular flexibility index (Phi) is 6.40. The molecule has 140 valence electrons. The van der Waals surface area contributed by atoms with Crippen LogP contribution >= 0.6 is 11.3 Å². The van der Waals surface area contributed by atoms with Crippen LogP contribution in [0.15, 0.2) is 30.3 Å². The van der Waals surface area contributed by atoms with Crippen molar-refractivity contribution in [2.24, 2.45) is 5.92 Å². The summed E-state index contributed by atoms with van der Waals surface area (Å²) in [5, 5.41) is 3.91. The van der Waals surface area contributed by atoms with Crippen LogP contribution < -0.4 is 5.32 Å². The maximum Gasteiger partial charge on any atom is 0.263 e. The second-order valence-electron chi connectivity index (χ2n) is 7.16. The van der Waals surface area contributed by atoms with Gasteiger partial charge in [0.1, 0.15) is 9.88 Å². The molecule has 6 heteroatoms. The fraction of sp³-hybridized carbons (Fsp3) is 0.500. The second-order valence-corrected chi connectivity index (χ2v) is 8.15. The average Bonchev–Trinajstić information content (AvgIpc) is 3.02. The quantitative estimate of drug-likeness (QED) is 0.845. The second kappa shape index (κ2) is 8.75. The molecule has 1 amide bonds. The normalized spacial score (nSPS) is 18.2. The Labute approximate surface area is 159 Å². The van der Waals surface area contributed by atoms with Gasteiger partial charge in [0.2, 0.25) is 0 Å². The molecule has 1 fully saturated rings. The first-order valence-corrected chi connectivity index (χ1v) is 9.99. The Morgan fingerprint density at radius 2 is 2.15 bits per heavy atom. The maximum absolute atomic E-state index is 12.6. The predicted octanol–water partition coefficient (Wildman–Crippen LogP) is 3.21. The Morgan fingerprint density at radius 3 is 2.88 bits per heavy atom. The van der Waals surface area contributed by atoms with Gasteiger partial charge in [0.15, 0.2) is 0 Å². The summed E-state index contributed by atoms with van der Waals surface area (Å²) in [4.78, 5) is 20.3. The Balaban J connectivity index is 1.58. The minimum Gasteiger partial charge on any atom is -0.374 e. The number of benzene rings is 1. The van der Waals surface area contributed by atoms with Crippen molar-refractivity contribution < 1.29 is 9.53 Å². The first-order valence-electron chi connectivity index (χ1n) is 9.18. The van der Waals surface area contributed by atoms with Crippen LogP contribution in [-0.4, -0.2) is 54.7 Å². The third-order valence-corrected chi connectivity index (χ3v) is 5.57. The number of aryl methyl sites for hydroxylation is 1. The van der Waals surface area contributed by atoms with E-state index in [-0.39, 0.29) is 12.0 Å². The number of nitrogens with one attached hydrogen (secondary N) is 1. The largest absolute Gasteiger partial charge is 0.374 e. The molecule has 1 N–H and O–H groups in total. The van der Waals surface area contributed by atoms with Crippen LogP contribution in [0.1, 0.15) is 29.2 Å². The third-order valence-electron chi connectivity index (χ3n) is 4.36. The summed E-state index contributed by atoms with van der Waals surface area (Å²) < 4.78 is 5.81. The van der Waals surface area contributed by atoms with E-state index < -0.39 is 0 Å². The number of rotatable bonds is 6. The lowest BCUT2D eigenvalue weighted by atomic mass is 10.2. The number of aromatic nitrogens is 1. The lowest BCUT2D eigenvalue weighted by molar-refractivity contribution is -0.0295. The number of thiazole rings is 1. The number of morpholine rings is 1. The smallest absolute Gasteiger partial charge is 0.263 e. The van der Waals surface area contributed by atoms with Crippen molar-refractivity contribution in [3.05, 3.63) is 40.9 Å². The van der Waals surface area contributed by atoms with Crippen LogP contribution in [-0.2, 0) is 4.74 Å². The Hall–Kier alpha value is -1.76. The minimum absolute atomic E-state index is 0.0493. The van der Waals surface area contributed by atoms with Gasteiger partial charge in [-0.25, -0.2) is 4.98 Å². The van der Waals surface area contributed by atoms with Crippen molar-refractivity contribution in [2.75, 3.05) is 32.8 Å². The lowest BCUT2D eigenvalue weighted by Crippen LogP contribution is -2.48. The van der Waals surface area contributed by atoms with Crippen LogP contribution in [0.4, 0.5) is 0 Å². The number of carbonyl (C=O) groups excluding carboxylic acids is 1. The number of hydrogen-bond donors (Lipinski definition) is 1. The molecular formula is C20H27N3O2S. The summed E-state index contributed by atoms with van der Waals surface area (Å²) >= 11 is 1.44. The van der Waals surface area contributed by atoms with Gasteiger partial charge in [0.25, 0.3) is 5.91 Å². The van der Waals surface area contributed by atoms with Gasteiger partial charge in [-0.2, -0.15) is 0 Å². The highest BCUT2D eigenvalue weighted by Crippen LogP contribution is 2.27. The van der Waals surface area contributed by atoms with Crippen molar-refractivity contribution in [1.29, 1.82) is 0 Å². The summed E-state index contributed by atoms with van der Waals surface area (Å²) in [6, 6.07) is 9.97. The maximum atomic E-state index is 12.6. The zero-order valence-electron chi connectivity index (χ0n) is 15.7. The van der Waals surface area contributed by atoms with Gasteiger partial charge in [-0.15, -0.1) is 11.3 Å². The standard InChI is InChI=1S/C20H27N3O2S/c1-14(2)12-23-9-10-25-17(13-23)11-21-19(24)18-15(3)22-20(26-18)16-7-5-4-6-8-16/h4-8,14,17H,9-13H2,1-3H3,(H,21,24)/t17-/m0/s1. The summed E-state index contributed by atoms with van der Waals surface area (Å²) in [6.07, 6.45) is 0.0493. The molecule has 3 rings (SSSR count). The van der Waals surface area contributed by atoms with Gasteiger partial charge in [0.05, 0.1) is 18.4 Å². The molecule has 0 unspecified atom stereocenters. The molecule has 0 radical (unpaired) electrons. The topological polar surface area (TPSA) is 54.5 Å². The zero-order valence-corrected chi connectivity index (χ0v) is 16.5. The zero-order chi connectivity index (χ0) is 18.5. The monoisotopic (exact) mass is 373 g/mol. The molecular weight excluding hydrogens is 346 g/mol. The highest BCUT2D eigenvalue weighted by Gasteiger charge is 2.23. The number of amides is 1. The number of ether oxygens (including phenoxy) is 1. The summed E-state index contributed by atoms with van der Waals surface area (Å²) in [6.45, 7) is 10.5. The van der Waals surface area contributed by atoms with Gasteiger partial charge in [-0.05, 0) is 12.8 Å². The molecule has 1 atom stereocenters. The average molecular weight is 374 g/mol. The Morgan fingerprint density at radius 1 is 1.38 bits per heavy atom. The van der Waals surface area contributed by atoms with Gasteiger partial charge in [-0.1, -0.05) is 44.2 Å². The molecule has 1 aromatic heterocycles. The fourth-order valence-corrected chi connectivity index (χ4v) is 4.17. The van der Waals surface area contributed by atoms with E-state index in [0.29, 0.717) is 17.3 Å². The summed E-state index contributed by atoms with van der Waals surface area (Å²) in [5.41, 5.74) is 1.82. The number of nitrogens with zero attached hydrogens (tertiary/aromatic N) is 2. The van der Waals surface area contributed by atoms with Crippen LogP contribution in [0.3, 0.4) is 0 Å². The van der Waals surface area contributed by atoms with E-state index >= 15 is 0 Å². The molecule has 2 heterocycles. The van der Waals surface area contributed by atoms with Crippen molar-refractivity contribution in [1.82, 2.24) is 15.2 Å². The number of carbonyl (C=O) groups is 1. The highest BCUT2D eigenvalue weighted by molar-refractivity contribution is 7.17. The van der Waals surface area contributed by atoms with E-state index in [1.54, 1.807) is 0 Å². The van der Waals surface area contributed by atoms with Gasteiger partial charge >= 0.3 is 0 Å². The molecule has 26 heavy (non-hydrogen) atoms. The molecule has 0 spiro atoms. The van der Waals surface area contributed by atoms with Gasteiger partial charge < -0.3 is 10.1 Å². The van der Waals surface area contributed by atoms with E-state index in [1.807, 2.05) is 37.3 Å². The fourth-order valence-electron chi connectivity index (χ4n) is 3.18. The minimum atomic E-state index is -0.0632. The molecule has 1 aromatic carbocycles. The van der Waals surface area contributed by atoms with Crippen LogP contribution in [0.25, 0.3) is 10.6 Å². The van der Waals surface area contributed by atoms with E-state index in [2.05, 4.69) is 29.0 Å². The van der Waals surface area contributed by atoms with Crippen LogP contribution in [0.2, 0.25) is 0 Å². The van der Waals surface area contributed by atoms with E-state index in [4.69, 9.17) is 4.74 Å². The SMILES string of the molecule is Cc1nc(-c2ccccc2)sc1C(=O)NC[C@H]1CN(CC(C)C)CCO1.